The molecule has 0 unspecified atom stereocenters. The number of carbonyl (C=O) groups is 1. The molecule has 0 saturated carbocycles. The number of anilines is 1. The Bertz CT molecular complexity index is 870. The number of halogens is 1. The number of nitrogens with one attached hydrogen (secondary N) is 2. The number of aromatic nitrogens is 3. The predicted octanol–water partition coefficient (Wildman–Crippen LogP) is 2.53. The van der Waals surface area contributed by atoms with Gasteiger partial charge in [0.25, 0.3) is 0 Å². The van der Waals surface area contributed by atoms with Crippen LogP contribution in [0.25, 0.3) is 0 Å². The number of hydrogen-bond acceptors (Lipinski definition) is 8. The molecular weight excluding hydrogens is 408 g/mol. The van der Waals surface area contributed by atoms with Gasteiger partial charge in [0.05, 0.1) is 13.3 Å². The largest absolute Gasteiger partial charge is 0.489 e. The summed E-state index contributed by atoms with van der Waals surface area (Å²) in [5.74, 6) is 1.56. The summed E-state index contributed by atoms with van der Waals surface area (Å²) in [7, 11) is 1.58. The predicted molar refractivity (Wildman–Crippen MR) is 114 cm³/mol. The molecule has 0 aliphatic carbocycles. The van der Waals surface area contributed by atoms with Crippen LogP contribution in [0.3, 0.4) is 0 Å². The van der Waals surface area contributed by atoms with E-state index in [2.05, 4.69) is 30.7 Å². The van der Waals surface area contributed by atoms with Gasteiger partial charge in [-0.3, -0.25) is 10.2 Å². The number of rotatable bonds is 7. The van der Waals surface area contributed by atoms with Crippen molar-refractivity contribution in [3.63, 3.8) is 0 Å². The molecule has 30 heavy (non-hydrogen) atoms. The van der Waals surface area contributed by atoms with Crippen LogP contribution < -0.4 is 25.2 Å². The van der Waals surface area contributed by atoms with Gasteiger partial charge < -0.3 is 14.4 Å². The number of hydrazine groups is 1. The SMILES string of the molecule is COc1ccc(OC2CCN(c3nc(C(=O)NNC(C)C)nc(Cl)c3C)CC2)cn1. The number of methoxy groups -OCH3 is 1. The van der Waals surface area contributed by atoms with E-state index in [1.165, 1.54) is 0 Å². The molecule has 0 bridgehead atoms. The van der Waals surface area contributed by atoms with Crippen molar-refractivity contribution in [3.05, 3.63) is 34.9 Å². The van der Waals surface area contributed by atoms with Gasteiger partial charge in [0, 0.05) is 43.6 Å². The summed E-state index contributed by atoms with van der Waals surface area (Å²) in [5, 5.41) is 0.275. The standard InChI is InChI=1S/C20H27ClN6O3/c1-12(2)25-26-20(28)18-23-17(21)13(3)19(24-18)27-9-7-14(8-10-27)30-15-5-6-16(29-4)22-11-15/h5-6,11-12,14,25H,7-10H2,1-4H3,(H,26,28). The molecule has 1 saturated heterocycles. The van der Waals surface area contributed by atoms with Crippen LogP contribution >= 0.6 is 11.6 Å². The zero-order valence-corrected chi connectivity index (χ0v) is 18.4. The minimum Gasteiger partial charge on any atom is -0.489 e. The summed E-state index contributed by atoms with van der Waals surface area (Å²) in [6.07, 6.45) is 3.36. The third-order valence-corrected chi connectivity index (χ3v) is 5.07. The average Bonchev–Trinajstić information content (AvgIpc) is 2.75. The number of carbonyl (C=O) groups excluding carboxylic acids is 1. The molecule has 3 rings (SSSR count). The van der Waals surface area contributed by atoms with Gasteiger partial charge in [-0.15, -0.1) is 0 Å². The van der Waals surface area contributed by atoms with Crippen LogP contribution in [0.4, 0.5) is 5.82 Å². The number of hydrogen-bond donors (Lipinski definition) is 2. The van der Waals surface area contributed by atoms with E-state index in [9.17, 15) is 4.79 Å². The molecule has 0 atom stereocenters. The Kier molecular flexibility index (Phi) is 7.28. The van der Waals surface area contributed by atoms with Crippen molar-refractivity contribution in [2.24, 2.45) is 0 Å². The smallest absolute Gasteiger partial charge is 0.303 e. The van der Waals surface area contributed by atoms with Gasteiger partial charge in [0.1, 0.15) is 22.8 Å². The van der Waals surface area contributed by atoms with Crippen molar-refractivity contribution in [1.29, 1.82) is 0 Å². The molecular formula is C20H27ClN6O3. The minimum atomic E-state index is -0.419. The van der Waals surface area contributed by atoms with E-state index in [1.54, 1.807) is 19.4 Å². The molecule has 1 aliphatic rings. The number of pyridine rings is 1. The summed E-state index contributed by atoms with van der Waals surface area (Å²) >= 11 is 6.29. The summed E-state index contributed by atoms with van der Waals surface area (Å²) in [4.78, 5) is 27.2. The van der Waals surface area contributed by atoms with Gasteiger partial charge in [-0.1, -0.05) is 11.6 Å². The van der Waals surface area contributed by atoms with E-state index < -0.39 is 5.91 Å². The molecule has 9 nitrogen and oxygen atoms in total. The van der Waals surface area contributed by atoms with Crippen molar-refractivity contribution in [1.82, 2.24) is 25.8 Å². The third-order valence-electron chi connectivity index (χ3n) is 4.70. The van der Waals surface area contributed by atoms with Gasteiger partial charge >= 0.3 is 5.91 Å². The van der Waals surface area contributed by atoms with Crippen molar-refractivity contribution in [2.75, 3.05) is 25.1 Å². The second-order valence-electron chi connectivity index (χ2n) is 7.38. The van der Waals surface area contributed by atoms with E-state index in [4.69, 9.17) is 21.1 Å². The molecule has 0 aromatic carbocycles. The van der Waals surface area contributed by atoms with Crippen LogP contribution in [-0.4, -0.2) is 53.2 Å². The maximum atomic E-state index is 12.3. The highest BCUT2D eigenvalue weighted by atomic mass is 35.5. The van der Waals surface area contributed by atoms with Crippen LogP contribution in [0.15, 0.2) is 18.3 Å². The Morgan fingerprint density at radius 3 is 2.60 bits per heavy atom. The number of amides is 1. The molecule has 162 valence electrons. The highest BCUT2D eigenvalue weighted by Gasteiger charge is 2.25. The lowest BCUT2D eigenvalue weighted by molar-refractivity contribution is 0.0917. The molecule has 2 aromatic heterocycles. The van der Waals surface area contributed by atoms with Gasteiger partial charge in [-0.05, 0) is 26.8 Å². The first-order valence-electron chi connectivity index (χ1n) is 9.89. The molecule has 1 amide bonds. The maximum Gasteiger partial charge on any atom is 0.303 e. The third kappa shape index (κ3) is 5.48. The Hall–Kier alpha value is -2.65. The zero-order chi connectivity index (χ0) is 21.7. The molecule has 3 heterocycles. The molecule has 0 spiro atoms. The number of ether oxygens (including phenoxy) is 2. The lowest BCUT2D eigenvalue weighted by atomic mass is 10.1. The molecule has 2 aromatic rings. The Labute approximate surface area is 181 Å². The summed E-state index contributed by atoms with van der Waals surface area (Å²) < 4.78 is 11.1. The van der Waals surface area contributed by atoms with Crippen LogP contribution in [-0.2, 0) is 0 Å². The first-order valence-corrected chi connectivity index (χ1v) is 10.3. The first kappa shape index (κ1) is 22.0. The quantitative estimate of drug-likeness (QED) is 0.506. The Morgan fingerprint density at radius 1 is 1.27 bits per heavy atom. The molecule has 1 fully saturated rings. The van der Waals surface area contributed by atoms with Crippen LogP contribution in [0.2, 0.25) is 5.15 Å². The number of nitrogens with zero attached hydrogens (tertiary/aromatic N) is 4. The molecule has 0 radical (unpaired) electrons. The Balaban J connectivity index is 1.64. The average molecular weight is 435 g/mol. The molecule has 1 aliphatic heterocycles. The lowest BCUT2D eigenvalue weighted by Gasteiger charge is -2.33. The van der Waals surface area contributed by atoms with E-state index >= 15 is 0 Å². The molecule has 10 heteroatoms. The fourth-order valence-electron chi connectivity index (χ4n) is 3.09. The van der Waals surface area contributed by atoms with Gasteiger partial charge in [-0.2, -0.15) is 0 Å². The Morgan fingerprint density at radius 2 is 2.00 bits per heavy atom. The topological polar surface area (TPSA) is 102 Å². The minimum absolute atomic E-state index is 0.0384. The number of piperidine rings is 1. The van der Waals surface area contributed by atoms with Crippen LogP contribution in [0.1, 0.15) is 42.9 Å². The van der Waals surface area contributed by atoms with E-state index in [0.717, 1.165) is 31.5 Å². The van der Waals surface area contributed by atoms with Gasteiger partial charge in [0.2, 0.25) is 11.7 Å². The fraction of sp³-hybridized carbons (Fsp3) is 0.500. The van der Waals surface area contributed by atoms with Crippen molar-refractivity contribution >= 4 is 23.3 Å². The van der Waals surface area contributed by atoms with Gasteiger partial charge in [-0.25, -0.2) is 20.4 Å². The molecule has 2 N–H and O–H groups in total. The lowest BCUT2D eigenvalue weighted by Crippen LogP contribution is -2.43. The highest BCUT2D eigenvalue weighted by molar-refractivity contribution is 6.30. The van der Waals surface area contributed by atoms with Crippen molar-refractivity contribution in [3.8, 4) is 11.6 Å². The fourth-order valence-corrected chi connectivity index (χ4v) is 3.25. The van der Waals surface area contributed by atoms with Gasteiger partial charge in [0.15, 0.2) is 0 Å². The van der Waals surface area contributed by atoms with Crippen molar-refractivity contribution < 1.29 is 14.3 Å². The van der Waals surface area contributed by atoms with E-state index in [-0.39, 0.29) is 23.1 Å². The van der Waals surface area contributed by atoms with E-state index in [0.29, 0.717) is 17.4 Å². The second-order valence-corrected chi connectivity index (χ2v) is 7.74. The summed E-state index contributed by atoms with van der Waals surface area (Å²) in [5.41, 5.74) is 6.19. The van der Waals surface area contributed by atoms with E-state index in [1.807, 2.05) is 26.8 Å². The normalized spacial score (nSPS) is 14.7. The summed E-state index contributed by atoms with van der Waals surface area (Å²) in [6, 6.07) is 3.72. The zero-order valence-electron chi connectivity index (χ0n) is 17.6. The summed E-state index contributed by atoms with van der Waals surface area (Å²) in [6.45, 7) is 7.16. The highest BCUT2D eigenvalue weighted by Crippen LogP contribution is 2.27. The monoisotopic (exact) mass is 434 g/mol. The van der Waals surface area contributed by atoms with Crippen molar-refractivity contribution in [2.45, 2.75) is 45.8 Å². The maximum absolute atomic E-state index is 12.3. The van der Waals surface area contributed by atoms with Crippen LogP contribution in [0.5, 0.6) is 11.6 Å². The van der Waals surface area contributed by atoms with Crippen LogP contribution in [0, 0.1) is 6.92 Å². The second kappa shape index (κ2) is 9.90. The first-order chi connectivity index (χ1) is 14.4.